The minimum Gasteiger partial charge on any atom is -0.415 e. The van der Waals surface area contributed by atoms with Gasteiger partial charge in [-0.1, -0.05) is 0 Å². The van der Waals surface area contributed by atoms with E-state index in [2.05, 4.69) is 0 Å². The first-order valence-corrected chi connectivity index (χ1v) is 8.90. The second kappa shape index (κ2) is 7.46. The van der Waals surface area contributed by atoms with Crippen LogP contribution in [0.1, 0.15) is 27.2 Å². The van der Waals surface area contributed by atoms with E-state index in [1.165, 1.54) is 0 Å². The Morgan fingerprint density at radius 1 is 1.41 bits per heavy atom. The molecule has 0 aromatic heterocycles. The summed E-state index contributed by atoms with van der Waals surface area (Å²) in [6, 6.07) is 0. The second-order valence-corrected chi connectivity index (χ2v) is 7.98. The first-order valence-electron chi connectivity index (χ1n) is 5.74. The maximum absolute atomic E-state index is 13.2. The Labute approximate surface area is 109 Å². The van der Waals surface area contributed by atoms with Crippen molar-refractivity contribution in [3.05, 3.63) is 0 Å². The Kier molecular flexibility index (Phi) is 7.47. The highest BCUT2D eigenvalue weighted by atomic mass is 35.5. The Bertz CT molecular complexity index is 243. The van der Waals surface area contributed by atoms with Gasteiger partial charge in [-0.25, -0.2) is 4.39 Å². The Morgan fingerprint density at radius 3 is 2.29 bits per heavy atom. The zero-order chi connectivity index (χ0) is 13.6. The number of alkyl halides is 1. The Morgan fingerprint density at radius 2 is 1.94 bits per heavy atom. The molecule has 0 saturated carbocycles. The molecule has 0 aromatic rings. The molecule has 0 aliphatic carbocycles. The lowest BCUT2D eigenvalue weighted by atomic mass is 10.1. The molecule has 0 unspecified atom stereocenters. The van der Waals surface area contributed by atoms with E-state index in [0.717, 1.165) is 0 Å². The van der Waals surface area contributed by atoms with E-state index in [-0.39, 0.29) is 18.6 Å². The van der Waals surface area contributed by atoms with Crippen LogP contribution in [0.4, 0.5) is 4.39 Å². The minimum absolute atomic E-state index is 0.0381. The summed E-state index contributed by atoms with van der Waals surface area (Å²) >= 11 is 5.10. The van der Waals surface area contributed by atoms with Crippen LogP contribution in [0.3, 0.4) is 0 Å². The largest absolute Gasteiger partial charge is 0.415 e. The van der Waals surface area contributed by atoms with Crippen molar-refractivity contribution in [1.29, 1.82) is 0 Å². The molecule has 0 rings (SSSR count). The van der Waals surface area contributed by atoms with Crippen molar-refractivity contribution in [2.75, 3.05) is 6.61 Å². The predicted octanol–water partition coefficient (Wildman–Crippen LogP) is 2.66. The third-order valence-electron chi connectivity index (χ3n) is 1.88. The van der Waals surface area contributed by atoms with Crippen molar-refractivity contribution < 1.29 is 18.3 Å². The zero-order valence-corrected chi connectivity index (χ0v) is 13.0. The van der Waals surface area contributed by atoms with Crippen molar-refractivity contribution in [1.82, 2.24) is 0 Å². The van der Waals surface area contributed by atoms with Crippen LogP contribution < -0.4 is 0 Å². The van der Waals surface area contributed by atoms with Crippen molar-refractivity contribution in [3.63, 3.8) is 0 Å². The first-order chi connectivity index (χ1) is 7.61. The molecule has 2 atom stereocenters. The highest BCUT2D eigenvalue weighted by Crippen LogP contribution is 2.14. The Balaban J connectivity index is 4.28. The number of carbonyl (C=O) groups is 1. The maximum Gasteiger partial charge on any atom is 0.255 e. The highest BCUT2D eigenvalue weighted by molar-refractivity contribution is 6.64. The smallest absolute Gasteiger partial charge is 0.255 e. The lowest BCUT2D eigenvalue weighted by Crippen LogP contribution is -2.33. The number of ether oxygens (including phenoxy) is 1. The maximum atomic E-state index is 13.2. The van der Waals surface area contributed by atoms with Gasteiger partial charge in [0, 0.05) is 6.42 Å². The molecule has 0 radical (unpaired) electrons. The molecule has 17 heavy (non-hydrogen) atoms. The number of rotatable bonds is 7. The van der Waals surface area contributed by atoms with E-state index >= 15 is 0 Å². The summed E-state index contributed by atoms with van der Waals surface area (Å²) in [5.74, 6) is 0. The van der Waals surface area contributed by atoms with Gasteiger partial charge in [0.15, 0.2) is 15.2 Å². The van der Waals surface area contributed by atoms with Crippen LogP contribution in [0, 0.1) is 0 Å². The van der Waals surface area contributed by atoms with Gasteiger partial charge in [0.2, 0.25) is 0 Å². The zero-order valence-electron chi connectivity index (χ0n) is 11.1. The van der Waals surface area contributed by atoms with Crippen LogP contribution in [0.2, 0.25) is 13.1 Å². The molecule has 0 aliphatic rings. The fourth-order valence-corrected chi connectivity index (χ4v) is 2.26. The van der Waals surface area contributed by atoms with Gasteiger partial charge in [0.05, 0.1) is 18.3 Å². The van der Waals surface area contributed by atoms with E-state index < -0.39 is 26.6 Å². The third kappa shape index (κ3) is 9.70. The lowest BCUT2D eigenvalue weighted by Gasteiger charge is -2.26. The van der Waals surface area contributed by atoms with Crippen LogP contribution >= 0.6 is 11.6 Å². The van der Waals surface area contributed by atoms with Gasteiger partial charge in [-0.3, -0.25) is 4.79 Å². The van der Waals surface area contributed by atoms with E-state index in [4.69, 9.17) is 20.8 Å². The summed E-state index contributed by atoms with van der Waals surface area (Å²) in [7, 11) is -1.31. The van der Waals surface area contributed by atoms with E-state index in [0.29, 0.717) is 0 Å². The standard InChI is InChI=1S/C11H22ClFO3Si/c1-11(2,3)15-7-8(16-17(4)5)6-9(13)10(12)14/h8-9,17H,6-7H2,1-5H3/t8-,9+/m0/s1. The van der Waals surface area contributed by atoms with Crippen molar-refractivity contribution in [2.24, 2.45) is 0 Å². The van der Waals surface area contributed by atoms with Gasteiger partial charge >= 0.3 is 0 Å². The molecule has 0 aliphatic heterocycles. The molecule has 102 valence electrons. The van der Waals surface area contributed by atoms with Gasteiger partial charge in [0.1, 0.15) is 0 Å². The van der Waals surface area contributed by atoms with Crippen LogP contribution in [-0.2, 0) is 14.0 Å². The molecule has 0 bridgehead atoms. The number of carbonyl (C=O) groups excluding carboxylic acids is 1. The van der Waals surface area contributed by atoms with Crippen molar-refractivity contribution in [3.8, 4) is 0 Å². The molecule has 0 heterocycles. The van der Waals surface area contributed by atoms with E-state index in [1.807, 2.05) is 33.9 Å². The van der Waals surface area contributed by atoms with Crippen LogP contribution in [0.15, 0.2) is 0 Å². The van der Waals surface area contributed by atoms with Gasteiger partial charge in [-0.05, 0) is 45.5 Å². The minimum atomic E-state index is -1.68. The molecule has 0 aromatic carbocycles. The molecule has 0 spiro atoms. The molecule has 3 nitrogen and oxygen atoms in total. The summed E-state index contributed by atoms with van der Waals surface area (Å²) < 4.78 is 24.4. The third-order valence-corrected chi connectivity index (χ3v) is 3.05. The topological polar surface area (TPSA) is 35.5 Å². The second-order valence-electron chi connectivity index (χ2n) is 5.24. The SMILES string of the molecule is C[SiH](C)O[C@H](COC(C)(C)C)C[C@@H](F)C(=O)Cl. The number of hydrogen-bond donors (Lipinski definition) is 0. The summed E-state index contributed by atoms with van der Waals surface area (Å²) in [6.07, 6.45) is -2.12. The van der Waals surface area contributed by atoms with Crippen molar-refractivity contribution in [2.45, 2.75) is 58.2 Å². The average Bonchev–Trinajstić information content (AvgIpc) is 2.11. The summed E-state index contributed by atoms with van der Waals surface area (Å²) in [6.45, 7) is 9.99. The van der Waals surface area contributed by atoms with E-state index in [1.54, 1.807) is 0 Å². The molecule has 0 amide bonds. The van der Waals surface area contributed by atoms with Crippen molar-refractivity contribution >= 4 is 25.9 Å². The molecular formula is C11H22ClFO3Si. The van der Waals surface area contributed by atoms with Crippen LogP contribution in [0.5, 0.6) is 0 Å². The van der Waals surface area contributed by atoms with Crippen LogP contribution in [0.25, 0.3) is 0 Å². The summed E-state index contributed by atoms with van der Waals surface area (Å²) in [5, 5.41) is -0.972. The van der Waals surface area contributed by atoms with Gasteiger partial charge < -0.3 is 9.16 Å². The lowest BCUT2D eigenvalue weighted by molar-refractivity contribution is -0.117. The molecular weight excluding hydrogens is 263 g/mol. The number of halogens is 2. The van der Waals surface area contributed by atoms with Gasteiger partial charge in [0.25, 0.3) is 5.24 Å². The fraction of sp³-hybridized carbons (Fsp3) is 0.909. The first kappa shape index (κ1) is 17.0. The monoisotopic (exact) mass is 284 g/mol. The molecule has 0 N–H and O–H groups in total. The molecule has 6 heteroatoms. The van der Waals surface area contributed by atoms with E-state index in [9.17, 15) is 9.18 Å². The predicted molar refractivity (Wildman–Crippen MR) is 69.8 cm³/mol. The molecule has 0 fully saturated rings. The number of hydrogen-bond acceptors (Lipinski definition) is 3. The average molecular weight is 285 g/mol. The molecule has 0 saturated heterocycles. The van der Waals surface area contributed by atoms with Crippen LogP contribution in [-0.4, -0.2) is 38.8 Å². The summed E-state index contributed by atoms with van der Waals surface area (Å²) in [5.41, 5.74) is -0.309. The quantitative estimate of drug-likeness (QED) is 0.533. The van der Waals surface area contributed by atoms with Gasteiger partial charge in [-0.2, -0.15) is 0 Å². The Hall–Kier alpha value is 0.0269. The highest BCUT2D eigenvalue weighted by Gasteiger charge is 2.24. The van der Waals surface area contributed by atoms with Gasteiger partial charge in [-0.15, -0.1) is 0 Å². The normalized spacial score (nSPS) is 16.0. The fourth-order valence-electron chi connectivity index (χ4n) is 1.21. The summed E-state index contributed by atoms with van der Waals surface area (Å²) in [4.78, 5) is 10.7.